The first-order chi connectivity index (χ1) is 16.9. The van der Waals surface area contributed by atoms with Crippen molar-refractivity contribution in [3.8, 4) is 23.1 Å². The number of hydrogen-bond acceptors (Lipinski definition) is 8. The van der Waals surface area contributed by atoms with E-state index in [9.17, 15) is 4.79 Å². The van der Waals surface area contributed by atoms with Crippen molar-refractivity contribution < 1.29 is 19.0 Å². The van der Waals surface area contributed by atoms with E-state index < -0.39 is 0 Å². The molecule has 1 fully saturated rings. The highest BCUT2D eigenvalue weighted by Gasteiger charge is 2.18. The zero-order valence-electron chi connectivity index (χ0n) is 20.9. The van der Waals surface area contributed by atoms with Gasteiger partial charge in [0.05, 0.1) is 27.0 Å². The van der Waals surface area contributed by atoms with Crippen molar-refractivity contribution in [2.75, 3.05) is 44.6 Å². The Morgan fingerprint density at radius 3 is 2.17 bits per heavy atom. The molecule has 3 aromatic rings. The summed E-state index contributed by atoms with van der Waals surface area (Å²) in [4.78, 5) is 15.0. The smallest absolute Gasteiger partial charge is 0.224 e. The van der Waals surface area contributed by atoms with Crippen LogP contribution >= 0.6 is 0 Å². The monoisotopic (exact) mass is 480 g/mol. The van der Waals surface area contributed by atoms with Crippen molar-refractivity contribution in [3.05, 3.63) is 41.2 Å². The van der Waals surface area contributed by atoms with E-state index >= 15 is 0 Å². The van der Waals surface area contributed by atoms with Crippen LogP contribution in [0.4, 0.5) is 11.5 Å². The van der Waals surface area contributed by atoms with Gasteiger partial charge in [0.25, 0.3) is 0 Å². The third-order valence-corrected chi connectivity index (χ3v) is 6.28. The molecule has 2 aromatic heterocycles. The van der Waals surface area contributed by atoms with Gasteiger partial charge in [-0.3, -0.25) is 4.79 Å². The second kappa shape index (κ2) is 10.6. The van der Waals surface area contributed by atoms with Crippen LogP contribution in [-0.2, 0) is 11.2 Å². The highest BCUT2D eigenvalue weighted by atomic mass is 16.5. The van der Waals surface area contributed by atoms with Crippen LogP contribution in [0.5, 0.6) is 17.2 Å². The number of carbonyl (C=O) groups excluding carboxylic acids is 1. The van der Waals surface area contributed by atoms with Gasteiger partial charge in [-0.15, -0.1) is 10.2 Å². The molecule has 1 aliphatic heterocycles. The van der Waals surface area contributed by atoms with Gasteiger partial charge in [-0.1, -0.05) is 0 Å². The van der Waals surface area contributed by atoms with Gasteiger partial charge in [0.1, 0.15) is 0 Å². The van der Waals surface area contributed by atoms with Crippen molar-refractivity contribution in [2.24, 2.45) is 0 Å². The molecule has 186 valence electrons. The summed E-state index contributed by atoms with van der Waals surface area (Å²) in [6.07, 6.45) is 3.23. The Morgan fingerprint density at radius 1 is 0.971 bits per heavy atom. The third-order valence-electron chi connectivity index (χ3n) is 6.28. The van der Waals surface area contributed by atoms with Crippen LogP contribution < -0.4 is 24.4 Å². The number of anilines is 2. The molecule has 35 heavy (non-hydrogen) atoms. The molecule has 0 unspecified atom stereocenters. The Bertz CT molecular complexity index is 1160. The molecule has 0 spiro atoms. The summed E-state index contributed by atoms with van der Waals surface area (Å²) >= 11 is 0. The van der Waals surface area contributed by atoms with Gasteiger partial charge in [-0.2, -0.15) is 5.10 Å². The van der Waals surface area contributed by atoms with E-state index in [0.29, 0.717) is 41.6 Å². The van der Waals surface area contributed by atoms with Gasteiger partial charge in [0.15, 0.2) is 23.1 Å². The van der Waals surface area contributed by atoms with Gasteiger partial charge < -0.3 is 24.4 Å². The fourth-order valence-electron chi connectivity index (χ4n) is 4.42. The molecular formula is C25H32N6O4. The van der Waals surface area contributed by atoms with Gasteiger partial charge >= 0.3 is 0 Å². The van der Waals surface area contributed by atoms with E-state index in [1.807, 2.05) is 26.0 Å². The van der Waals surface area contributed by atoms with Crippen molar-refractivity contribution in [1.29, 1.82) is 0 Å². The predicted molar refractivity (Wildman–Crippen MR) is 133 cm³/mol. The Morgan fingerprint density at radius 2 is 1.60 bits per heavy atom. The maximum Gasteiger partial charge on any atom is 0.224 e. The number of rotatable bonds is 9. The van der Waals surface area contributed by atoms with Crippen LogP contribution in [0.2, 0.25) is 0 Å². The number of nitrogens with one attached hydrogen (secondary N) is 1. The predicted octanol–water partition coefficient (Wildman–Crippen LogP) is 3.48. The number of nitrogens with zero attached hydrogens (tertiary/aromatic N) is 5. The second-order valence-electron chi connectivity index (χ2n) is 8.47. The van der Waals surface area contributed by atoms with E-state index in [4.69, 9.17) is 14.2 Å². The SMILES string of the molecule is COc1cc(NC(=O)CCc2c(C)nn(-c3ccc(N4CCCC4)nn3)c2C)cc(OC)c1OC. The average Bonchev–Trinajstić information content (AvgIpc) is 3.50. The maximum atomic E-state index is 12.7. The highest BCUT2D eigenvalue weighted by Crippen LogP contribution is 2.40. The lowest BCUT2D eigenvalue weighted by molar-refractivity contribution is -0.116. The molecule has 0 radical (unpaired) electrons. The highest BCUT2D eigenvalue weighted by molar-refractivity contribution is 5.91. The zero-order chi connectivity index (χ0) is 24.9. The second-order valence-corrected chi connectivity index (χ2v) is 8.47. The van der Waals surface area contributed by atoms with Gasteiger partial charge in [0, 0.05) is 43.0 Å². The first-order valence-corrected chi connectivity index (χ1v) is 11.7. The van der Waals surface area contributed by atoms with Crippen LogP contribution in [0.15, 0.2) is 24.3 Å². The molecule has 1 aliphatic rings. The summed E-state index contributed by atoms with van der Waals surface area (Å²) in [5.74, 6) is 2.88. The number of aryl methyl sites for hydroxylation is 1. The third kappa shape index (κ3) is 5.16. The Hall–Kier alpha value is -3.82. The maximum absolute atomic E-state index is 12.7. The summed E-state index contributed by atoms with van der Waals surface area (Å²) in [7, 11) is 4.61. The fraction of sp³-hybridized carbons (Fsp3) is 0.440. The van der Waals surface area contributed by atoms with E-state index in [-0.39, 0.29) is 5.91 Å². The lowest BCUT2D eigenvalue weighted by atomic mass is 10.1. The largest absolute Gasteiger partial charge is 0.493 e. The minimum atomic E-state index is -0.124. The molecule has 10 heteroatoms. The molecule has 0 aliphatic carbocycles. The quantitative estimate of drug-likeness (QED) is 0.497. The summed E-state index contributed by atoms with van der Waals surface area (Å²) in [5.41, 5.74) is 3.41. The van der Waals surface area contributed by atoms with Crippen molar-refractivity contribution >= 4 is 17.4 Å². The number of aromatic nitrogens is 4. The normalized spacial score (nSPS) is 13.1. The Labute approximate surface area is 205 Å². The summed E-state index contributed by atoms with van der Waals surface area (Å²) in [5, 5.41) is 16.4. The summed E-state index contributed by atoms with van der Waals surface area (Å²) < 4.78 is 17.9. The van der Waals surface area contributed by atoms with Crippen LogP contribution in [0.25, 0.3) is 5.82 Å². The number of benzene rings is 1. The molecule has 1 amide bonds. The minimum Gasteiger partial charge on any atom is -0.493 e. The molecule has 4 rings (SSSR count). The van der Waals surface area contributed by atoms with Crippen LogP contribution in [-0.4, -0.2) is 60.3 Å². The molecule has 10 nitrogen and oxygen atoms in total. The number of ether oxygens (including phenoxy) is 3. The molecule has 1 aromatic carbocycles. The van der Waals surface area contributed by atoms with Gasteiger partial charge in [-0.05, 0) is 50.8 Å². The van der Waals surface area contributed by atoms with E-state index in [2.05, 4.69) is 25.5 Å². The van der Waals surface area contributed by atoms with E-state index in [1.54, 1.807) is 16.8 Å². The summed E-state index contributed by atoms with van der Waals surface area (Å²) in [6, 6.07) is 7.35. The van der Waals surface area contributed by atoms with Gasteiger partial charge in [-0.25, -0.2) is 4.68 Å². The number of methoxy groups -OCH3 is 3. The lowest BCUT2D eigenvalue weighted by Gasteiger charge is -2.15. The van der Waals surface area contributed by atoms with E-state index in [0.717, 1.165) is 35.9 Å². The standard InChI is InChI=1S/C25H32N6O4/c1-16-19(8-11-24(32)26-18-14-20(33-3)25(35-5)21(15-18)34-4)17(2)31(29-16)23-10-9-22(27-28-23)30-12-6-7-13-30/h9-10,14-15H,6-8,11-13H2,1-5H3,(H,26,32). The molecule has 0 atom stereocenters. The van der Waals surface area contributed by atoms with Crippen molar-refractivity contribution in [1.82, 2.24) is 20.0 Å². The molecule has 1 N–H and O–H groups in total. The van der Waals surface area contributed by atoms with Crippen molar-refractivity contribution in [2.45, 2.75) is 39.5 Å². The summed E-state index contributed by atoms with van der Waals surface area (Å²) in [6.45, 7) is 5.98. The number of amides is 1. The van der Waals surface area contributed by atoms with E-state index in [1.165, 1.54) is 34.2 Å². The average molecular weight is 481 g/mol. The van der Waals surface area contributed by atoms with Gasteiger partial charge in [0.2, 0.25) is 11.7 Å². The number of carbonyl (C=O) groups is 1. The minimum absolute atomic E-state index is 0.124. The first kappa shape index (κ1) is 24.3. The topological polar surface area (TPSA) is 104 Å². The van der Waals surface area contributed by atoms with Crippen LogP contribution in [0.3, 0.4) is 0 Å². The molecule has 3 heterocycles. The number of hydrogen-bond donors (Lipinski definition) is 1. The Balaban J connectivity index is 1.44. The Kier molecular flexibility index (Phi) is 7.38. The molecule has 1 saturated heterocycles. The van der Waals surface area contributed by atoms with Crippen molar-refractivity contribution in [3.63, 3.8) is 0 Å². The fourth-order valence-corrected chi connectivity index (χ4v) is 4.42. The molecular weight excluding hydrogens is 448 g/mol. The van der Waals surface area contributed by atoms with Crippen LogP contribution in [0.1, 0.15) is 36.2 Å². The zero-order valence-corrected chi connectivity index (χ0v) is 20.9. The lowest BCUT2D eigenvalue weighted by Crippen LogP contribution is -2.19. The molecule has 0 saturated carbocycles. The molecule has 0 bridgehead atoms. The first-order valence-electron chi connectivity index (χ1n) is 11.7. The van der Waals surface area contributed by atoms with Crippen LogP contribution in [0, 0.1) is 13.8 Å².